The Morgan fingerprint density at radius 3 is 2.60 bits per heavy atom. The van der Waals surface area contributed by atoms with E-state index >= 15 is 0 Å². The molecule has 1 rings (SSSR count). The van der Waals surface area contributed by atoms with Gasteiger partial charge in [-0.1, -0.05) is 23.2 Å². The van der Waals surface area contributed by atoms with Crippen LogP contribution in [0, 0.1) is 0 Å². The van der Waals surface area contributed by atoms with Gasteiger partial charge in [0.25, 0.3) is 0 Å². The minimum absolute atomic E-state index is 0.106. The third-order valence-electron chi connectivity index (χ3n) is 2.45. The first-order valence-electron chi connectivity index (χ1n) is 6.15. The number of hydrogen-bond acceptors (Lipinski definition) is 4. The van der Waals surface area contributed by atoms with Gasteiger partial charge in [-0.3, -0.25) is 4.79 Å². The number of nitrogen functional groups attached to an aromatic ring is 1. The van der Waals surface area contributed by atoms with E-state index in [0.29, 0.717) is 27.8 Å². The first-order chi connectivity index (χ1) is 9.54. The summed E-state index contributed by atoms with van der Waals surface area (Å²) in [7, 11) is 1.67. The molecule has 0 unspecified atom stereocenters. The van der Waals surface area contributed by atoms with Crippen LogP contribution in [0.5, 0.6) is 0 Å². The van der Waals surface area contributed by atoms with Gasteiger partial charge in [0.2, 0.25) is 5.91 Å². The molecule has 0 saturated heterocycles. The zero-order valence-electron chi connectivity index (χ0n) is 11.2. The zero-order valence-corrected chi connectivity index (χ0v) is 13.6. The molecule has 0 bridgehead atoms. The topological polar surface area (TPSA) is 64.3 Å². The molecule has 0 atom stereocenters. The summed E-state index contributed by atoms with van der Waals surface area (Å²) in [6, 6.07) is 3.12. The minimum Gasteiger partial charge on any atom is -0.399 e. The van der Waals surface area contributed by atoms with Crippen molar-refractivity contribution in [2.45, 2.75) is 12.8 Å². The van der Waals surface area contributed by atoms with Crippen molar-refractivity contribution in [1.82, 2.24) is 0 Å². The first kappa shape index (κ1) is 17.4. The molecule has 0 radical (unpaired) electrons. The molecular weight excluding hydrogens is 319 g/mol. The fourth-order valence-corrected chi connectivity index (χ4v) is 2.93. The second kappa shape index (κ2) is 9.34. The smallest absolute Gasteiger partial charge is 0.224 e. The van der Waals surface area contributed by atoms with E-state index in [1.807, 2.05) is 0 Å². The Bertz CT molecular complexity index is 435. The van der Waals surface area contributed by atoms with Gasteiger partial charge in [0.15, 0.2) is 0 Å². The molecule has 1 aromatic rings. The maximum absolute atomic E-state index is 11.8. The van der Waals surface area contributed by atoms with E-state index in [-0.39, 0.29) is 5.91 Å². The average Bonchev–Trinajstić information content (AvgIpc) is 2.38. The van der Waals surface area contributed by atoms with Crippen LogP contribution in [0.4, 0.5) is 11.4 Å². The van der Waals surface area contributed by atoms with Crippen LogP contribution < -0.4 is 11.1 Å². The molecule has 20 heavy (non-hydrogen) atoms. The SMILES string of the molecule is COCCSCCCC(=O)Nc1c(Cl)cc(N)cc1Cl. The Hall–Kier alpha value is -0.620. The molecule has 0 saturated carbocycles. The maximum atomic E-state index is 11.8. The molecule has 1 aromatic carbocycles. The Morgan fingerprint density at radius 1 is 1.35 bits per heavy atom. The number of carbonyl (C=O) groups is 1. The van der Waals surface area contributed by atoms with Gasteiger partial charge >= 0.3 is 0 Å². The number of carbonyl (C=O) groups excluding carboxylic acids is 1. The first-order valence-corrected chi connectivity index (χ1v) is 8.06. The van der Waals surface area contributed by atoms with Crippen LogP contribution in [0.2, 0.25) is 10.0 Å². The fourth-order valence-electron chi connectivity index (χ4n) is 1.49. The van der Waals surface area contributed by atoms with Crippen molar-refractivity contribution in [2.75, 3.05) is 36.3 Å². The number of thioether (sulfide) groups is 1. The molecule has 1 amide bonds. The Morgan fingerprint density at radius 2 is 2.00 bits per heavy atom. The molecule has 4 nitrogen and oxygen atoms in total. The van der Waals surface area contributed by atoms with Crippen LogP contribution >= 0.6 is 35.0 Å². The Kier molecular flexibility index (Phi) is 8.14. The lowest BCUT2D eigenvalue weighted by Gasteiger charge is -2.10. The van der Waals surface area contributed by atoms with Crippen LogP contribution in [-0.4, -0.2) is 31.1 Å². The number of rotatable bonds is 8. The average molecular weight is 337 g/mol. The van der Waals surface area contributed by atoms with E-state index < -0.39 is 0 Å². The van der Waals surface area contributed by atoms with E-state index in [1.165, 1.54) is 0 Å². The van der Waals surface area contributed by atoms with Gasteiger partial charge < -0.3 is 15.8 Å². The van der Waals surface area contributed by atoms with Crippen molar-refractivity contribution in [3.8, 4) is 0 Å². The Balaban J connectivity index is 2.36. The highest BCUT2D eigenvalue weighted by Gasteiger charge is 2.10. The molecular formula is C13H18Cl2N2O2S. The van der Waals surface area contributed by atoms with Crippen molar-refractivity contribution in [2.24, 2.45) is 0 Å². The fraction of sp³-hybridized carbons (Fsp3) is 0.462. The minimum atomic E-state index is -0.106. The number of hydrogen-bond donors (Lipinski definition) is 2. The van der Waals surface area contributed by atoms with Crippen LogP contribution in [0.15, 0.2) is 12.1 Å². The molecule has 0 aliphatic heterocycles. The van der Waals surface area contributed by atoms with Crippen LogP contribution in [0.25, 0.3) is 0 Å². The van der Waals surface area contributed by atoms with E-state index in [2.05, 4.69) is 5.32 Å². The second-order valence-electron chi connectivity index (χ2n) is 4.12. The van der Waals surface area contributed by atoms with E-state index in [4.69, 9.17) is 33.7 Å². The van der Waals surface area contributed by atoms with E-state index in [1.54, 1.807) is 31.0 Å². The molecule has 0 aromatic heterocycles. The zero-order chi connectivity index (χ0) is 15.0. The summed E-state index contributed by atoms with van der Waals surface area (Å²) >= 11 is 13.8. The summed E-state index contributed by atoms with van der Waals surface area (Å²) in [5, 5.41) is 3.41. The lowest BCUT2D eigenvalue weighted by molar-refractivity contribution is -0.116. The number of halogens is 2. The molecule has 0 aliphatic rings. The van der Waals surface area contributed by atoms with Gasteiger partial charge in [0.1, 0.15) is 0 Å². The summed E-state index contributed by atoms with van der Waals surface area (Å²) in [5.74, 6) is 1.75. The highest BCUT2D eigenvalue weighted by Crippen LogP contribution is 2.32. The molecule has 0 aliphatic carbocycles. The predicted molar refractivity (Wildman–Crippen MR) is 87.9 cm³/mol. The summed E-state index contributed by atoms with van der Waals surface area (Å²) in [6.07, 6.45) is 1.22. The normalized spacial score (nSPS) is 10.6. The van der Waals surface area contributed by atoms with Gasteiger partial charge in [-0.15, -0.1) is 0 Å². The largest absolute Gasteiger partial charge is 0.399 e. The van der Waals surface area contributed by atoms with Gasteiger partial charge in [-0.25, -0.2) is 0 Å². The van der Waals surface area contributed by atoms with Gasteiger partial charge in [0, 0.05) is 25.0 Å². The number of anilines is 2. The molecule has 7 heteroatoms. The molecule has 0 fully saturated rings. The number of nitrogens with two attached hydrogens (primary N) is 1. The van der Waals surface area contributed by atoms with Crippen molar-refractivity contribution in [3.05, 3.63) is 22.2 Å². The van der Waals surface area contributed by atoms with Crippen LogP contribution in [-0.2, 0) is 9.53 Å². The number of amides is 1. The number of methoxy groups -OCH3 is 1. The Labute approximate surface area is 133 Å². The lowest BCUT2D eigenvalue weighted by atomic mass is 10.2. The summed E-state index contributed by atoms with van der Waals surface area (Å²) < 4.78 is 4.94. The second-order valence-corrected chi connectivity index (χ2v) is 6.16. The molecule has 112 valence electrons. The van der Waals surface area contributed by atoms with Crippen molar-refractivity contribution in [1.29, 1.82) is 0 Å². The van der Waals surface area contributed by atoms with Crippen molar-refractivity contribution in [3.63, 3.8) is 0 Å². The third kappa shape index (κ3) is 6.22. The predicted octanol–water partition coefficient (Wildman–Crippen LogP) is 3.67. The van der Waals surface area contributed by atoms with E-state index in [0.717, 1.165) is 24.5 Å². The number of ether oxygens (including phenoxy) is 1. The van der Waals surface area contributed by atoms with Crippen LogP contribution in [0.1, 0.15) is 12.8 Å². The summed E-state index contributed by atoms with van der Waals surface area (Å²) in [6.45, 7) is 0.730. The van der Waals surface area contributed by atoms with Gasteiger partial charge in [-0.2, -0.15) is 11.8 Å². The summed E-state index contributed by atoms with van der Waals surface area (Å²) in [4.78, 5) is 11.8. The lowest BCUT2D eigenvalue weighted by Crippen LogP contribution is -2.12. The number of benzene rings is 1. The van der Waals surface area contributed by atoms with Crippen molar-refractivity contribution < 1.29 is 9.53 Å². The van der Waals surface area contributed by atoms with Crippen molar-refractivity contribution >= 4 is 52.2 Å². The third-order valence-corrected chi connectivity index (χ3v) is 4.08. The molecule has 0 heterocycles. The number of nitrogens with one attached hydrogen (secondary N) is 1. The highest BCUT2D eigenvalue weighted by atomic mass is 35.5. The molecule has 3 N–H and O–H groups in total. The van der Waals surface area contributed by atoms with Crippen LogP contribution in [0.3, 0.4) is 0 Å². The monoisotopic (exact) mass is 336 g/mol. The van der Waals surface area contributed by atoms with Gasteiger partial charge in [0.05, 0.1) is 22.3 Å². The van der Waals surface area contributed by atoms with Gasteiger partial charge in [-0.05, 0) is 24.3 Å². The molecule has 0 spiro atoms. The maximum Gasteiger partial charge on any atom is 0.224 e. The summed E-state index contributed by atoms with van der Waals surface area (Å²) in [5.41, 5.74) is 6.48. The standard InChI is InChI=1S/C13H18Cl2N2O2S/c1-19-4-6-20-5-2-3-12(18)17-13-10(14)7-9(16)8-11(13)15/h7-8H,2-6,16H2,1H3,(H,17,18). The van der Waals surface area contributed by atoms with E-state index in [9.17, 15) is 4.79 Å². The highest BCUT2D eigenvalue weighted by molar-refractivity contribution is 7.99. The quantitative estimate of drug-likeness (QED) is 0.561.